The first-order valence-corrected chi connectivity index (χ1v) is 3.95. The second-order valence-electron chi connectivity index (χ2n) is 3.16. The standard InChI is InChI=1S/C8H16O/c1-3-5-8(9)6-7(8)4-2/h7,9H,3-6H2,1-2H3/t7-,8-/m0/s1. The molecule has 54 valence electrons. The van der Waals surface area contributed by atoms with Gasteiger partial charge < -0.3 is 5.11 Å². The predicted octanol–water partition coefficient (Wildman–Crippen LogP) is 1.95. The topological polar surface area (TPSA) is 20.2 Å². The van der Waals surface area contributed by atoms with Crippen LogP contribution < -0.4 is 0 Å². The highest BCUT2D eigenvalue weighted by Gasteiger charge is 2.50. The molecule has 0 spiro atoms. The van der Waals surface area contributed by atoms with E-state index in [-0.39, 0.29) is 5.60 Å². The first-order chi connectivity index (χ1) is 4.23. The Morgan fingerprint density at radius 3 is 2.56 bits per heavy atom. The number of aliphatic hydroxyl groups is 1. The van der Waals surface area contributed by atoms with Crippen molar-refractivity contribution >= 4 is 0 Å². The smallest absolute Gasteiger partial charge is 0.0680 e. The normalized spacial score (nSPS) is 41.0. The van der Waals surface area contributed by atoms with Gasteiger partial charge in [-0.1, -0.05) is 26.7 Å². The summed E-state index contributed by atoms with van der Waals surface area (Å²) in [6.07, 6.45) is 4.33. The molecule has 1 nitrogen and oxygen atoms in total. The Bertz CT molecular complexity index is 101. The summed E-state index contributed by atoms with van der Waals surface area (Å²) in [4.78, 5) is 0. The molecule has 0 aromatic rings. The van der Waals surface area contributed by atoms with Crippen LogP contribution in [0, 0.1) is 5.92 Å². The maximum Gasteiger partial charge on any atom is 0.0680 e. The minimum absolute atomic E-state index is 0.233. The first-order valence-electron chi connectivity index (χ1n) is 3.95. The molecule has 0 aromatic carbocycles. The fraction of sp³-hybridized carbons (Fsp3) is 1.00. The van der Waals surface area contributed by atoms with Crippen molar-refractivity contribution < 1.29 is 5.11 Å². The zero-order valence-corrected chi connectivity index (χ0v) is 6.35. The van der Waals surface area contributed by atoms with E-state index in [1.54, 1.807) is 0 Å². The van der Waals surface area contributed by atoms with Crippen molar-refractivity contribution in [3.05, 3.63) is 0 Å². The summed E-state index contributed by atoms with van der Waals surface area (Å²) in [5, 5.41) is 9.59. The molecule has 0 aliphatic heterocycles. The molecule has 1 aliphatic rings. The molecule has 0 aromatic heterocycles. The van der Waals surface area contributed by atoms with Crippen LogP contribution in [0.15, 0.2) is 0 Å². The molecular formula is C8H16O. The lowest BCUT2D eigenvalue weighted by molar-refractivity contribution is 0.119. The van der Waals surface area contributed by atoms with E-state index in [0.29, 0.717) is 5.92 Å². The SMILES string of the molecule is CCC[C@]1(O)C[C@@H]1CC. The van der Waals surface area contributed by atoms with E-state index in [9.17, 15) is 5.11 Å². The molecule has 0 saturated heterocycles. The molecule has 9 heavy (non-hydrogen) atoms. The second-order valence-corrected chi connectivity index (χ2v) is 3.16. The first kappa shape index (κ1) is 7.07. The van der Waals surface area contributed by atoms with Gasteiger partial charge in [-0.15, -0.1) is 0 Å². The minimum Gasteiger partial charge on any atom is -0.390 e. The van der Waals surface area contributed by atoms with Crippen molar-refractivity contribution in [1.29, 1.82) is 0 Å². The van der Waals surface area contributed by atoms with Crippen LogP contribution in [0.25, 0.3) is 0 Å². The summed E-state index contributed by atoms with van der Waals surface area (Å²) in [7, 11) is 0. The van der Waals surface area contributed by atoms with Crippen molar-refractivity contribution in [2.24, 2.45) is 5.92 Å². The predicted molar refractivity (Wildman–Crippen MR) is 38.3 cm³/mol. The minimum atomic E-state index is -0.233. The molecule has 0 unspecified atom stereocenters. The van der Waals surface area contributed by atoms with Gasteiger partial charge in [-0.3, -0.25) is 0 Å². The lowest BCUT2D eigenvalue weighted by Gasteiger charge is -2.05. The molecule has 2 atom stereocenters. The highest BCUT2D eigenvalue weighted by molar-refractivity contribution is 5.01. The van der Waals surface area contributed by atoms with Crippen LogP contribution in [-0.2, 0) is 0 Å². The third-order valence-electron chi connectivity index (χ3n) is 2.38. The lowest BCUT2D eigenvalue weighted by atomic mass is 10.1. The van der Waals surface area contributed by atoms with Gasteiger partial charge in [0.2, 0.25) is 0 Å². The Morgan fingerprint density at radius 2 is 2.22 bits per heavy atom. The van der Waals surface area contributed by atoms with Gasteiger partial charge in [0.15, 0.2) is 0 Å². The molecule has 1 N–H and O–H groups in total. The molecule has 0 heterocycles. The van der Waals surface area contributed by atoms with Crippen molar-refractivity contribution in [3.63, 3.8) is 0 Å². The maximum absolute atomic E-state index is 9.59. The van der Waals surface area contributed by atoms with E-state index in [2.05, 4.69) is 13.8 Å². The van der Waals surface area contributed by atoms with Gasteiger partial charge in [0.05, 0.1) is 5.60 Å². The van der Waals surface area contributed by atoms with Gasteiger partial charge in [-0.25, -0.2) is 0 Å². The van der Waals surface area contributed by atoms with E-state index >= 15 is 0 Å². The van der Waals surface area contributed by atoms with E-state index in [1.807, 2.05) is 0 Å². The summed E-state index contributed by atoms with van der Waals surface area (Å²) in [6, 6.07) is 0. The fourth-order valence-electron chi connectivity index (χ4n) is 1.63. The quantitative estimate of drug-likeness (QED) is 0.616. The Balaban J connectivity index is 2.25. The molecular weight excluding hydrogens is 112 g/mol. The summed E-state index contributed by atoms with van der Waals surface area (Å²) < 4.78 is 0. The average Bonchev–Trinajstić information content (AvgIpc) is 2.43. The van der Waals surface area contributed by atoms with E-state index in [4.69, 9.17) is 0 Å². The van der Waals surface area contributed by atoms with Crippen molar-refractivity contribution in [2.75, 3.05) is 0 Å². The van der Waals surface area contributed by atoms with Gasteiger partial charge in [0.25, 0.3) is 0 Å². The van der Waals surface area contributed by atoms with Crippen LogP contribution in [0.3, 0.4) is 0 Å². The molecule has 0 radical (unpaired) electrons. The molecule has 1 heteroatoms. The lowest BCUT2D eigenvalue weighted by Crippen LogP contribution is -2.09. The monoisotopic (exact) mass is 128 g/mol. The van der Waals surface area contributed by atoms with Crippen LogP contribution in [0.2, 0.25) is 0 Å². The summed E-state index contributed by atoms with van der Waals surface area (Å²) in [5.74, 6) is 0.623. The molecule has 1 fully saturated rings. The average molecular weight is 128 g/mol. The van der Waals surface area contributed by atoms with Crippen LogP contribution in [0.1, 0.15) is 39.5 Å². The van der Waals surface area contributed by atoms with Gasteiger partial charge in [-0.05, 0) is 18.8 Å². The van der Waals surface area contributed by atoms with E-state index in [1.165, 1.54) is 0 Å². The van der Waals surface area contributed by atoms with Crippen molar-refractivity contribution in [1.82, 2.24) is 0 Å². The highest BCUT2D eigenvalue weighted by atomic mass is 16.3. The van der Waals surface area contributed by atoms with Crippen LogP contribution in [0.5, 0.6) is 0 Å². The van der Waals surface area contributed by atoms with Gasteiger partial charge in [-0.2, -0.15) is 0 Å². The molecule has 1 rings (SSSR count). The molecule has 0 bridgehead atoms. The fourth-order valence-corrected chi connectivity index (χ4v) is 1.63. The van der Waals surface area contributed by atoms with Gasteiger partial charge in [0.1, 0.15) is 0 Å². The number of hydrogen-bond donors (Lipinski definition) is 1. The summed E-state index contributed by atoms with van der Waals surface area (Å²) in [5.41, 5.74) is -0.233. The molecule has 1 aliphatic carbocycles. The van der Waals surface area contributed by atoms with Crippen LogP contribution in [0.4, 0.5) is 0 Å². The van der Waals surface area contributed by atoms with Crippen molar-refractivity contribution in [2.45, 2.75) is 45.1 Å². The maximum atomic E-state index is 9.59. The second kappa shape index (κ2) is 2.30. The van der Waals surface area contributed by atoms with Gasteiger partial charge >= 0.3 is 0 Å². The zero-order chi connectivity index (χ0) is 6.91. The number of hydrogen-bond acceptors (Lipinski definition) is 1. The Labute approximate surface area is 57.1 Å². The Morgan fingerprint density at radius 1 is 1.56 bits per heavy atom. The largest absolute Gasteiger partial charge is 0.390 e. The zero-order valence-electron chi connectivity index (χ0n) is 6.35. The molecule has 0 amide bonds. The molecule has 1 saturated carbocycles. The third kappa shape index (κ3) is 1.26. The van der Waals surface area contributed by atoms with Crippen molar-refractivity contribution in [3.8, 4) is 0 Å². The van der Waals surface area contributed by atoms with Crippen LogP contribution >= 0.6 is 0 Å². The summed E-state index contributed by atoms with van der Waals surface area (Å²) in [6.45, 7) is 4.28. The van der Waals surface area contributed by atoms with E-state index in [0.717, 1.165) is 25.7 Å². The van der Waals surface area contributed by atoms with E-state index < -0.39 is 0 Å². The third-order valence-corrected chi connectivity index (χ3v) is 2.38. The van der Waals surface area contributed by atoms with Gasteiger partial charge in [0, 0.05) is 0 Å². The Kier molecular flexibility index (Phi) is 1.80. The Hall–Kier alpha value is -0.0400. The number of rotatable bonds is 3. The highest BCUT2D eigenvalue weighted by Crippen LogP contribution is 2.48. The summed E-state index contributed by atoms with van der Waals surface area (Å²) >= 11 is 0. The van der Waals surface area contributed by atoms with Crippen LogP contribution in [-0.4, -0.2) is 10.7 Å².